The topological polar surface area (TPSA) is 94.2 Å². The highest BCUT2D eigenvalue weighted by atomic mass is 31.0. The van der Waals surface area contributed by atoms with Crippen LogP contribution in [0.1, 0.15) is 23.0 Å². The van der Waals surface area contributed by atoms with E-state index >= 15 is 0 Å². The molecule has 3 aromatic rings. The molecular formula is C19H14BFN3O4P. The first-order valence-electron chi connectivity index (χ1n) is 8.44. The molecule has 0 amide bonds. The van der Waals surface area contributed by atoms with E-state index in [2.05, 4.69) is 5.10 Å². The lowest BCUT2D eigenvalue weighted by Crippen LogP contribution is -2.25. The number of halogens is 1. The minimum atomic E-state index is -2.43. The number of hydrogen-bond donors (Lipinski definition) is 0. The number of nitrogens with zero attached hydrogens (tertiary/aromatic N) is 3. The van der Waals surface area contributed by atoms with Crippen LogP contribution in [0.15, 0.2) is 47.3 Å². The summed E-state index contributed by atoms with van der Waals surface area (Å²) in [5.41, 5.74) is -2.71. The zero-order chi connectivity index (χ0) is 21.2. The van der Waals surface area contributed by atoms with E-state index in [1.165, 1.54) is 35.0 Å². The van der Waals surface area contributed by atoms with Gasteiger partial charge in [-0.05, 0) is 43.3 Å². The van der Waals surface area contributed by atoms with Gasteiger partial charge in [-0.25, -0.2) is 13.9 Å². The minimum absolute atomic E-state index is 0.0445. The lowest BCUT2D eigenvalue weighted by molar-refractivity contribution is 0.0516. The molecule has 0 saturated carbocycles. The minimum Gasteiger partial charge on any atom is -0.465 e. The molecule has 0 N–H and O–H groups in total. The number of hydrogen-bond acceptors (Lipinski definition) is 6. The van der Waals surface area contributed by atoms with Gasteiger partial charge in [0.05, 0.1) is 34.8 Å². The van der Waals surface area contributed by atoms with Gasteiger partial charge in [0.1, 0.15) is 5.75 Å². The Bertz CT molecular complexity index is 1180. The third kappa shape index (κ3) is 4.28. The normalized spacial score (nSPS) is 12.8. The van der Waals surface area contributed by atoms with Gasteiger partial charge in [-0.15, -0.1) is 0 Å². The highest BCUT2D eigenvalue weighted by Gasteiger charge is 2.21. The third-order valence-corrected chi connectivity index (χ3v) is 3.98. The third-order valence-electron chi connectivity index (χ3n) is 3.86. The van der Waals surface area contributed by atoms with Crippen LogP contribution < -0.4 is 10.2 Å². The summed E-state index contributed by atoms with van der Waals surface area (Å²) in [7, 11) is 6.88. The summed E-state index contributed by atoms with van der Waals surface area (Å²) < 4.78 is 24.6. The smallest absolute Gasteiger partial charge is 0.362 e. The highest BCUT2D eigenvalue weighted by Crippen LogP contribution is 2.25. The molecule has 0 aliphatic heterocycles. The lowest BCUT2D eigenvalue weighted by atomic mass is 10.1. The van der Waals surface area contributed by atoms with Crippen molar-refractivity contribution in [2.75, 3.05) is 6.61 Å². The second kappa shape index (κ2) is 8.02. The summed E-state index contributed by atoms with van der Waals surface area (Å²) in [5.74, 6) is -0.739. The van der Waals surface area contributed by atoms with Crippen molar-refractivity contribution in [3.05, 3.63) is 63.9 Å². The van der Waals surface area contributed by atoms with Crippen LogP contribution in [0.3, 0.4) is 0 Å². The molecule has 0 aliphatic carbocycles. The van der Waals surface area contributed by atoms with Gasteiger partial charge in [0.15, 0.2) is 7.85 Å². The van der Waals surface area contributed by atoms with E-state index in [4.69, 9.17) is 17.3 Å². The maximum absolute atomic E-state index is 13.4. The molecule has 0 bridgehead atoms. The van der Waals surface area contributed by atoms with E-state index in [0.717, 1.165) is 0 Å². The molecule has 2 aromatic carbocycles. The number of alkyl halides is 1. The van der Waals surface area contributed by atoms with E-state index < -0.39 is 22.6 Å². The molecule has 0 spiro atoms. The fourth-order valence-corrected chi connectivity index (χ4v) is 2.87. The Hall–Kier alpha value is -3.24. The quantitative estimate of drug-likeness (QED) is 0.365. The Morgan fingerprint density at radius 1 is 1.34 bits per heavy atom. The van der Waals surface area contributed by atoms with Gasteiger partial charge in [-0.3, -0.25) is 4.79 Å². The molecule has 0 aliphatic rings. The first kappa shape index (κ1) is 20.5. The number of ether oxygens (including phenoxy) is 2. The van der Waals surface area contributed by atoms with Crippen LogP contribution in [0.2, 0.25) is 0 Å². The highest BCUT2D eigenvalue weighted by molar-refractivity contribution is 7.21. The summed E-state index contributed by atoms with van der Waals surface area (Å²) in [6.07, 6.45) is 0. The second-order valence-electron chi connectivity index (χ2n) is 5.92. The van der Waals surface area contributed by atoms with Crippen LogP contribution in [0.5, 0.6) is 5.75 Å². The van der Waals surface area contributed by atoms with Gasteiger partial charge in [-0.1, -0.05) is 15.3 Å². The van der Waals surface area contributed by atoms with Gasteiger partial charge >= 0.3 is 5.97 Å². The summed E-state index contributed by atoms with van der Waals surface area (Å²) >= 11 is 0. The predicted octanol–water partition coefficient (Wildman–Crippen LogP) is 2.44. The second-order valence-corrected chi connectivity index (χ2v) is 6.70. The maximum atomic E-state index is 13.4. The van der Waals surface area contributed by atoms with Crippen LogP contribution in [-0.2, 0) is 4.74 Å². The van der Waals surface area contributed by atoms with Crippen molar-refractivity contribution in [3.63, 3.8) is 0 Å². The Morgan fingerprint density at radius 3 is 2.62 bits per heavy atom. The van der Waals surface area contributed by atoms with Crippen LogP contribution in [0.25, 0.3) is 16.6 Å². The van der Waals surface area contributed by atoms with E-state index in [-0.39, 0.29) is 23.3 Å². The average Bonchev–Trinajstić information content (AvgIpc) is 2.67. The van der Waals surface area contributed by atoms with Crippen molar-refractivity contribution in [2.45, 2.75) is 12.4 Å². The molecule has 0 fully saturated rings. The fraction of sp³-hybridized carbons (Fsp3) is 0.158. The number of aromatic nitrogens is 2. The zero-order valence-corrected chi connectivity index (χ0v) is 16.4. The van der Waals surface area contributed by atoms with Gasteiger partial charge in [0.25, 0.3) is 0 Å². The number of benzene rings is 2. The fourth-order valence-electron chi connectivity index (χ4n) is 2.73. The van der Waals surface area contributed by atoms with Crippen molar-refractivity contribution in [1.82, 2.24) is 9.78 Å². The van der Waals surface area contributed by atoms with Crippen molar-refractivity contribution in [1.29, 1.82) is 5.26 Å². The monoisotopic (exact) mass is 409 g/mol. The Balaban J connectivity index is 2.24. The first-order valence-corrected chi connectivity index (χ1v) is 9.02. The molecular weight excluding hydrogens is 395 g/mol. The number of esters is 1. The van der Waals surface area contributed by atoms with Crippen molar-refractivity contribution >= 4 is 34.0 Å². The number of carbonyl (C=O) groups is 1. The molecule has 3 rings (SSSR count). The predicted molar refractivity (Wildman–Crippen MR) is 108 cm³/mol. The SMILES string of the molecule is [B]C(F)(P)Oc1ccc(-n2nc(C(=O)OCC)c(=O)c3c(C#N)cccc32)cc1. The first-order chi connectivity index (χ1) is 13.7. The molecule has 1 heterocycles. The largest absolute Gasteiger partial charge is 0.465 e. The Labute approximate surface area is 168 Å². The van der Waals surface area contributed by atoms with Crippen LogP contribution in [0.4, 0.5) is 4.39 Å². The average molecular weight is 409 g/mol. The zero-order valence-electron chi connectivity index (χ0n) is 15.3. The molecule has 1 aromatic heterocycles. The molecule has 144 valence electrons. The summed E-state index contributed by atoms with van der Waals surface area (Å²) in [4.78, 5) is 25.1. The van der Waals surface area contributed by atoms with Crippen molar-refractivity contribution < 1.29 is 18.7 Å². The van der Waals surface area contributed by atoms with E-state index in [0.29, 0.717) is 11.2 Å². The summed E-state index contributed by atoms with van der Waals surface area (Å²) in [6.45, 7) is 1.66. The number of rotatable bonds is 5. The Morgan fingerprint density at radius 2 is 2.03 bits per heavy atom. The molecule has 2 atom stereocenters. The van der Waals surface area contributed by atoms with Crippen molar-refractivity contribution in [3.8, 4) is 17.5 Å². The molecule has 10 heteroatoms. The van der Waals surface area contributed by atoms with E-state index in [1.807, 2.05) is 6.07 Å². The van der Waals surface area contributed by atoms with Gasteiger partial charge < -0.3 is 9.47 Å². The molecule has 2 unspecified atom stereocenters. The molecule has 0 saturated heterocycles. The van der Waals surface area contributed by atoms with E-state index in [1.54, 1.807) is 28.3 Å². The molecule has 29 heavy (non-hydrogen) atoms. The van der Waals surface area contributed by atoms with Crippen LogP contribution in [0, 0.1) is 11.3 Å². The summed E-state index contributed by atoms with van der Waals surface area (Å²) in [6, 6.07) is 12.6. The standard InChI is InChI=1S/C19H14BFN3O4P/c1-2-27-18(26)16-17(25)15-11(10-22)4-3-5-14(15)24(23-16)12-6-8-13(9-7-12)28-19(20,21)29/h3-9H,2,29H2,1H3. The molecule has 7 nitrogen and oxygen atoms in total. The number of carbonyl (C=O) groups excluding carboxylic acids is 1. The van der Waals surface area contributed by atoms with Gasteiger partial charge in [0, 0.05) is 0 Å². The van der Waals surface area contributed by atoms with Crippen LogP contribution in [-0.4, -0.2) is 35.7 Å². The number of fused-ring (bicyclic) bond motifs is 1. The van der Waals surface area contributed by atoms with Crippen molar-refractivity contribution in [2.24, 2.45) is 0 Å². The lowest BCUT2D eigenvalue weighted by Gasteiger charge is -2.18. The van der Waals surface area contributed by atoms with Gasteiger partial charge in [0.2, 0.25) is 16.6 Å². The van der Waals surface area contributed by atoms with E-state index in [9.17, 15) is 19.2 Å². The molecule has 2 radical (unpaired) electrons. The van der Waals surface area contributed by atoms with Crippen LogP contribution >= 0.6 is 9.24 Å². The summed E-state index contributed by atoms with van der Waals surface area (Å²) in [5, 5.41) is 13.6. The van der Waals surface area contributed by atoms with Gasteiger partial charge in [-0.2, -0.15) is 10.4 Å². The number of nitriles is 1. The Kier molecular flexibility index (Phi) is 5.67. The maximum Gasteiger partial charge on any atom is 0.362 e.